The van der Waals surface area contributed by atoms with Crippen LogP contribution in [0.15, 0.2) is 58.5 Å². The van der Waals surface area contributed by atoms with E-state index in [2.05, 4.69) is 31.5 Å². The molecular weight excluding hydrogens is 656 g/mol. The Morgan fingerprint density at radius 1 is 1.11 bits per heavy atom. The van der Waals surface area contributed by atoms with Crippen LogP contribution in [-0.2, 0) is 25.7 Å². The van der Waals surface area contributed by atoms with E-state index in [0.29, 0.717) is 12.8 Å². The summed E-state index contributed by atoms with van der Waals surface area (Å²) in [5.41, 5.74) is 4.09. The number of aromatic nitrogens is 1. The molecule has 3 N–H and O–H groups in total. The number of β-amino-alcohol motifs (C(OH)–C–C–N with tert-alkyl or cyclic N) is 1. The molecule has 0 radical (unpaired) electrons. The van der Waals surface area contributed by atoms with Gasteiger partial charge in [-0.25, -0.2) is 4.98 Å². The normalized spacial score (nSPS) is 20.4. The molecule has 1 aliphatic heterocycles. The van der Waals surface area contributed by atoms with Crippen molar-refractivity contribution >= 4 is 45.0 Å². The standard InChI is InChI=1S/C34H41BrN4O5S/c1-20(23-8-10-24(11-9-23)28-21(2)36-19-45-28)37-30(41)27-16-26(40)17-39(27)31(42)29(33(3,4)5)38-32(43)34(14-15-34)44-18-22-6-12-25(35)13-7-22/h6-13,19-20,26-27,29,40H,14-18H2,1-5H3,(H,37,41)(H,38,43)/t20?,26-,27+,29?/m1/s1. The minimum Gasteiger partial charge on any atom is -0.391 e. The summed E-state index contributed by atoms with van der Waals surface area (Å²) in [6, 6.07) is 13.6. The molecule has 1 aliphatic carbocycles. The zero-order valence-corrected chi connectivity index (χ0v) is 28.7. The predicted molar refractivity (Wildman–Crippen MR) is 177 cm³/mol. The molecular formula is C34H41BrN4O5S. The number of aliphatic hydroxyl groups is 1. The first-order chi connectivity index (χ1) is 21.3. The van der Waals surface area contributed by atoms with Crippen molar-refractivity contribution in [2.45, 2.75) is 90.3 Å². The van der Waals surface area contributed by atoms with Crippen LogP contribution in [0.25, 0.3) is 10.4 Å². The second-order valence-electron chi connectivity index (χ2n) is 13.2. The van der Waals surface area contributed by atoms with Crippen molar-refractivity contribution in [1.29, 1.82) is 0 Å². The Balaban J connectivity index is 1.24. The number of likely N-dealkylation sites (tertiary alicyclic amines) is 1. The summed E-state index contributed by atoms with van der Waals surface area (Å²) in [6.45, 7) is 9.79. The third kappa shape index (κ3) is 7.65. The highest BCUT2D eigenvalue weighted by molar-refractivity contribution is 9.10. The lowest BCUT2D eigenvalue weighted by Crippen LogP contribution is -2.59. The Kier molecular flexibility index (Phi) is 9.84. The summed E-state index contributed by atoms with van der Waals surface area (Å²) in [7, 11) is 0. The molecule has 0 spiro atoms. The molecule has 9 nitrogen and oxygen atoms in total. The van der Waals surface area contributed by atoms with Crippen molar-refractivity contribution in [3.8, 4) is 10.4 Å². The molecule has 45 heavy (non-hydrogen) atoms. The number of aryl methyl sites for hydroxylation is 1. The molecule has 1 aromatic heterocycles. The number of nitrogens with zero attached hydrogens (tertiary/aromatic N) is 2. The summed E-state index contributed by atoms with van der Waals surface area (Å²) >= 11 is 5.01. The molecule has 1 saturated carbocycles. The van der Waals surface area contributed by atoms with Crippen molar-refractivity contribution in [2.24, 2.45) is 5.41 Å². The van der Waals surface area contributed by atoms with Gasteiger partial charge in [0.05, 0.1) is 34.8 Å². The molecule has 2 unspecified atom stereocenters. The largest absolute Gasteiger partial charge is 0.391 e. The first-order valence-electron chi connectivity index (χ1n) is 15.3. The van der Waals surface area contributed by atoms with E-state index < -0.39 is 35.1 Å². The molecule has 3 aromatic rings. The third-order valence-electron chi connectivity index (χ3n) is 8.58. The van der Waals surface area contributed by atoms with Crippen LogP contribution in [0.4, 0.5) is 0 Å². The van der Waals surface area contributed by atoms with Crippen LogP contribution in [0.1, 0.15) is 69.8 Å². The van der Waals surface area contributed by atoms with E-state index in [1.807, 2.05) is 88.7 Å². The summed E-state index contributed by atoms with van der Waals surface area (Å²) < 4.78 is 7.04. The molecule has 11 heteroatoms. The Morgan fingerprint density at radius 3 is 2.36 bits per heavy atom. The zero-order chi connectivity index (χ0) is 32.5. The number of halogens is 1. The van der Waals surface area contributed by atoms with Crippen LogP contribution in [0.3, 0.4) is 0 Å². The van der Waals surface area contributed by atoms with E-state index in [1.54, 1.807) is 11.3 Å². The van der Waals surface area contributed by atoms with Crippen molar-refractivity contribution in [2.75, 3.05) is 6.54 Å². The van der Waals surface area contributed by atoms with Gasteiger partial charge in [0.1, 0.15) is 17.7 Å². The lowest BCUT2D eigenvalue weighted by molar-refractivity contribution is -0.147. The lowest BCUT2D eigenvalue weighted by Gasteiger charge is -2.36. The molecule has 2 heterocycles. The maximum absolute atomic E-state index is 14.1. The third-order valence-corrected chi connectivity index (χ3v) is 10.1. The van der Waals surface area contributed by atoms with Gasteiger partial charge in [0, 0.05) is 17.4 Å². The Morgan fingerprint density at radius 2 is 1.78 bits per heavy atom. The smallest absolute Gasteiger partial charge is 0.252 e. The maximum atomic E-state index is 14.1. The average Bonchev–Trinajstić information content (AvgIpc) is 3.51. The van der Waals surface area contributed by atoms with Crippen LogP contribution in [0.2, 0.25) is 0 Å². The van der Waals surface area contributed by atoms with Crippen LogP contribution in [-0.4, -0.2) is 63.0 Å². The topological polar surface area (TPSA) is 121 Å². The fraction of sp³-hybridized carbons (Fsp3) is 0.471. The van der Waals surface area contributed by atoms with Crippen molar-refractivity contribution in [3.63, 3.8) is 0 Å². The van der Waals surface area contributed by atoms with Crippen LogP contribution >= 0.6 is 27.3 Å². The zero-order valence-electron chi connectivity index (χ0n) is 26.3. The number of nitrogens with one attached hydrogen (secondary N) is 2. The van der Waals surface area contributed by atoms with Gasteiger partial charge in [-0.15, -0.1) is 11.3 Å². The average molecular weight is 698 g/mol. The minimum absolute atomic E-state index is 0.0157. The quantitative estimate of drug-likeness (QED) is 0.265. The van der Waals surface area contributed by atoms with Gasteiger partial charge in [0.2, 0.25) is 11.8 Å². The Bertz CT molecular complexity index is 1530. The monoisotopic (exact) mass is 696 g/mol. The van der Waals surface area contributed by atoms with Crippen molar-refractivity contribution in [1.82, 2.24) is 20.5 Å². The number of hydrogen-bond donors (Lipinski definition) is 3. The highest BCUT2D eigenvalue weighted by atomic mass is 79.9. The number of carbonyl (C=O) groups is 3. The summed E-state index contributed by atoms with van der Waals surface area (Å²) in [5, 5.41) is 16.6. The number of rotatable bonds is 10. The fourth-order valence-electron chi connectivity index (χ4n) is 5.63. The molecule has 240 valence electrons. The van der Waals surface area contributed by atoms with Gasteiger partial charge < -0.3 is 25.4 Å². The first-order valence-corrected chi connectivity index (χ1v) is 16.9. The molecule has 3 amide bonds. The number of benzene rings is 2. The fourth-order valence-corrected chi connectivity index (χ4v) is 6.71. The number of hydrogen-bond acceptors (Lipinski definition) is 7. The van der Waals surface area contributed by atoms with Gasteiger partial charge >= 0.3 is 0 Å². The molecule has 4 atom stereocenters. The molecule has 2 aliphatic rings. The highest BCUT2D eigenvalue weighted by Crippen LogP contribution is 2.41. The van der Waals surface area contributed by atoms with Crippen LogP contribution < -0.4 is 10.6 Å². The second-order valence-corrected chi connectivity index (χ2v) is 15.0. The van der Waals surface area contributed by atoms with E-state index in [0.717, 1.165) is 31.7 Å². The van der Waals surface area contributed by atoms with E-state index >= 15 is 0 Å². The van der Waals surface area contributed by atoms with E-state index in [1.165, 1.54) is 4.90 Å². The van der Waals surface area contributed by atoms with Gasteiger partial charge in [-0.2, -0.15) is 0 Å². The van der Waals surface area contributed by atoms with E-state index in [4.69, 9.17) is 4.74 Å². The Hall–Kier alpha value is -3.12. The lowest BCUT2D eigenvalue weighted by atomic mass is 9.85. The summed E-state index contributed by atoms with van der Waals surface area (Å²) in [4.78, 5) is 48.0. The molecule has 1 saturated heterocycles. The van der Waals surface area contributed by atoms with Gasteiger partial charge in [0.15, 0.2) is 0 Å². The summed E-state index contributed by atoms with van der Waals surface area (Å²) in [6.07, 6.45) is 0.411. The van der Waals surface area contributed by atoms with Crippen molar-refractivity contribution < 1.29 is 24.2 Å². The highest BCUT2D eigenvalue weighted by Gasteiger charge is 2.54. The first kappa shape index (κ1) is 33.2. The van der Waals surface area contributed by atoms with E-state index in [9.17, 15) is 19.5 Å². The number of aliphatic hydroxyl groups excluding tert-OH is 1. The van der Waals surface area contributed by atoms with E-state index in [-0.39, 0.29) is 37.4 Å². The van der Waals surface area contributed by atoms with Crippen LogP contribution in [0.5, 0.6) is 0 Å². The predicted octanol–water partition coefficient (Wildman–Crippen LogP) is 5.30. The SMILES string of the molecule is Cc1ncsc1-c1ccc(C(C)NC(=O)[C@@H]2C[C@@H](O)CN2C(=O)C(NC(=O)C2(OCc3ccc(Br)cc3)CC2)C(C)(C)C)cc1. The van der Waals surface area contributed by atoms with Crippen LogP contribution in [0, 0.1) is 12.3 Å². The minimum atomic E-state index is -0.984. The van der Waals surface area contributed by atoms with Gasteiger partial charge in [-0.1, -0.05) is 73.1 Å². The second kappa shape index (κ2) is 13.3. The Labute approximate surface area is 276 Å². The molecule has 2 aromatic carbocycles. The number of thiazole rings is 1. The van der Waals surface area contributed by atoms with Gasteiger partial charge in [0.25, 0.3) is 5.91 Å². The molecule has 0 bridgehead atoms. The van der Waals surface area contributed by atoms with Gasteiger partial charge in [-0.3, -0.25) is 14.4 Å². The number of amides is 3. The summed E-state index contributed by atoms with van der Waals surface area (Å²) in [5.74, 6) is -1.07. The number of ether oxygens (including phenoxy) is 1. The molecule has 2 fully saturated rings. The molecule has 5 rings (SSSR count). The van der Waals surface area contributed by atoms with Crippen molar-refractivity contribution in [3.05, 3.63) is 75.3 Å². The number of carbonyl (C=O) groups excluding carboxylic acids is 3. The maximum Gasteiger partial charge on any atom is 0.252 e. The van der Waals surface area contributed by atoms with Gasteiger partial charge in [-0.05, 0) is 60.9 Å².